The van der Waals surface area contributed by atoms with Gasteiger partial charge in [-0.3, -0.25) is 4.79 Å². The number of carbonyl (C=O) groups is 1. The van der Waals surface area contributed by atoms with Crippen molar-refractivity contribution in [1.82, 2.24) is 14.8 Å². The van der Waals surface area contributed by atoms with Gasteiger partial charge in [0.25, 0.3) is 0 Å². The van der Waals surface area contributed by atoms with Crippen LogP contribution in [0.1, 0.15) is 17.0 Å². The van der Waals surface area contributed by atoms with E-state index in [9.17, 15) is 4.79 Å². The molecule has 0 atom stereocenters. The van der Waals surface area contributed by atoms with Gasteiger partial charge in [0, 0.05) is 12.7 Å². The van der Waals surface area contributed by atoms with Crippen molar-refractivity contribution < 1.29 is 9.53 Å². The summed E-state index contributed by atoms with van der Waals surface area (Å²) in [5, 5.41) is 14.4. The lowest BCUT2D eigenvalue weighted by molar-refractivity contribution is -0.113. The summed E-state index contributed by atoms with van der Waals surface area (Å²) >= 11 is 1.35. The largest absolute Gasteiger partial charge is 0.486 e. The number of rotatable bonds is 7. The van der Waals surface area contributed by atoms with Gasteiger partial charge in [-0.2, -0.15) is 0 Å². The number of aromatic nitrogens is 3. The molecule has 158 valence electrons. The predicted octanol–water partition coefficient (Wildman–Crippen LogP) is 4.89. The molecule has 0 aliphatic carbocycles. The number of thioether (sulfide) groups is 1. The first-order chi connectivity index (χ1) is 15.0. The van der Waals surface area contributed by atoms with Crippen LogP contribution in [0.4, 0.5) is 5.69 Å². The van der Waals surface area contributed by atoms with Crippen LogP contribution >= 0.6 is 11.8 Å². The van der Waals surface area contributed by atoms with Gasteiger partial charge in [0.1, 0.15) is 12.4 Å². The molecular formula is C24H24N4O2S. The van der Waals surface area contributed by atoms with Gasteiger partial charge in [-0.1, -0.05) is 54.2 Å². The minimum Gasteiger partial charge on any atom is -0.486 e. The third kappa shape index (κ3) is 4.88. The molecule has 0 unspecified atom stereocenters. The molecule has 0 fully saturated rings. The lowest BCUT2D eigenvalue weighted by atomic mass is 10.1. The van der Waals surface area contributed by atoms with Crippen molar-refractivity contribution in [3.8, 4) is 5.75 Å². The first kappa shape index (κ1) is 20.9. The normalized spacial score (nSPS) is 10.9. The number of hydrogen-bond acceptors (Lipinski definition) is 5. The zero-order valence-electron chi connectivity index (χ0n) is 17.8. The van der Waals surface area contributed by atoms with Crippen LogP contribution in [0.15, 0.2) is 65.8 Å². The smallest absolute Gasteiger partial charge is 0.234 e. The Bertz CT molecular complexity index is 1240. The van der Waals surface area contributed by atoms with E-state index in [1.54, 1.807) is 0 Å². The molecule has 1 N–H and O–H groups in total. The molecule has 0 saturated carbocycles. The van der Waals surface area contributed by atoms with Crippen LogP contribution in [0.25, 0.3) is 10.8 Å². The molecule has 1 amide bonds. The Morgan fingerprint density at radius 3 is 2.68 bits per heavy atom. The van der Waals surface area contributed by atoms with E-state index in [-0.39, 0.29) is 11.7 Å². The highest BCUT2D eigenvalue weighted by Crippen LogP contribution is 2.23. The number of nitrogens with zero attached hydrogens (tertiary/aromatic N) is 3. The zero-order chi connectivity index (χ0) is 21.8. The van der Waals surface area contributed by atoms with E-state index in [2.05, 4.69) is 27.6 Å². The van der Waals surface area contributed by atoms with Crippen LogP contribution in [0.3, 0.4) is 0 Å². The lowest BCUT2D eigenvalue weighted by Gasteiger charge is -2.10. The van der Waals surface area contributed by atoms with Gasteiger partial charge in [-0.05, 0) is 53.9 Å². The number of ether oxygens (including phenoxy) is 1. The fraction of sp³-hybridized carbons (Fsp3) is 0.208. The van der Waals surface area contributed by atoms with Gasteiger partial charge in [-0.25, -0.2) is 0 Å². The monoisotopic (exact) mass is 432 g/mol. The topological polar surface area (TPSA) is 69.0 Å². The third-order valence-corrected chi connectivity index (χ3v) is 6.25. The second kappa shape index (κ2) is 9.22. The Kier molecular flexibility index (Phi) is 6.23. The number of nitrogens with one attached hydrogen (secondary N) is 1. The average Bonchev–Trinajstić information content (AvgIpc) is 3.13. The second-order valence-corrected chi connectivity index (χ2v) is 8.28. The molecule has 7 heteroatoms. The molecule has 4 aromatic rings. The molecule has 4 rings (SSSR count). The number of carbonyl (C=O) groups excluding carboxylic acids is 1. The summed E-state index contributed by atoms with van der Waals surface area (Å²) in [7, 11) is 1.88. The molecule has 0 radical (unpaired) electrons. The SMILES string of the molecule is Cc1cccc(NC(=O)CSc2nnc(COc3ccc4ccccc4c3)n2C)c1C. The summed E-state index contributed by atoms with van der Waals surface area (Å²) in [6.07, 6.45) is 0. The summed E-state index contributed by atoms with van der Waals surface area (Å²) in [5.74, 6) is 1.66. The fourth-order valence-corrected chi connectivity index (χ4v) is 3.93. The number of hydrogen-bond donors (Lipinski definition) is 1. The quantitative estimate of drug-likeness (QED) is 0.421. The van der Waals surface area contributed by atoms with Crippen molar-refractivity contribution in [2.75, 3.05) is 11.1 Å². The predicted molar refractivity (Wildman–Crippen MR) is 125 cm³/mol. The van der Waals surface area contributed by atoms with Crippen molar-refractivity contribution in [2.24, 2.45) is 7.05 Å². The number of benzene rings is 3. The molecule has 0 aliphatic heterocycles. The summed E-state index contributed by atoms with van der Waals surface area (Å²) in [4.78, 5) is 12.4. The minimum absolute atomic E-state index is 0.0735. The van der Waals surface area contributed by atoms with Gasteiger partial charge in [0.15, 0.2) is 11.0 Å². The summed E-state index contributed by atoms with van der Waals surface area (Å²) < 4.78 is 7.77. The standard InChI is InChI=1S/C24H24N4O2S/c1-16-7-6-10-21(17(16)2)25-23(29)15-31-24-27-26-22(28(24)3)14-30-20-12-11-18-8-4-5-9-19(18)13-20/h4-13H,14-15H2,1-3H3,(H,25,29). The fourth-order valence-electron chi connectivity index (χ4n) is 3.20. The maximum atomic E-state index is 12.4. The lowest BCUT2D eigenvalue weighted by Crippen LogP contribution is -2.15. The summed E-state index contributed by atoms with van der Waals surface area (Å²) in [6.45, 7) is 4.33. The average molecular weight is 433 g/mol. The highest BCUT2D eigenvalue weighted by Gasteiger charge is 2.13. The van der Waals surface area contributed by atoms with Crippen molar-refractivity contribution in [3.63, 3.8) is 0 Å². The van der Waals surface area contributed by atoms with E-state index in [0.29, 0.717) is 17.6 Å². The Hall–Kier alpha value is -3.32. The molecule has 1 heterocycles. The summed E-state index contributed by atoms with van der Waals surface area (Å²) in [6, 6.07) is 20.0. The number of fused-ring (bicyclic) bond motifs is 1. The van der Waals surface area contributed by atoms with E-state index >= 15 is 0 Å². The van der Waals surface area contributed by atoms with Gasteiger partial charge < -0.3 is 14.6 Å². The number of anilines is 1. The molecule has 3 aromatic carbocycles. The van der Waals surface area contributed by atoms with Crippen molar-refractivity contribution in [2.45, 2.75) is 25.6 Å². The highest BCUT2D eigenvalue weighted by atomic mass is 32.2. The maximum Gasteiger partial charge on any atom is 0.234 e. The van der Waals surface area contributed by atoms with E-state index < -0.39 is 0 Å². The van der Waals surface area contributed by atoms with E-state index in [1.165, 1.54) is 17.1 Å². The first-order valence-electron chi connectivity index (χ1n) is 10.00. The molecule has 1 aromatic heterocycles. The third-order valence-electron chi connectivity index (χ3n) is 5.23. The van der Waals surface area contributed by atoms with Gasteiger partial charge in [0.05, 0.1) is 5.75 Å². The zero-order valence-corrected chi connectivity index (χ0v) is 18.6. The Morgan fingerprint density at radius 1 is 1.03 bits per heavy atom. The Morgan fingerprint density at radius 2 is 1.84 bits per heavy atom. The molecule has 6 nitrogen and oxygen atoms in total. The molecule has 0 bridgehead atoms. The van der Waals surface area contributed by atoms with Gasteiger partial charge >= 0.3 is 0 Å². The van der Waals surface area contributed by atoms with E-state index in [0.717, 1.165) is 28.0 Å². The van der Waals surface area contributed by atoms with Crippen LogP contribution in [0, 0.1) is 13.8 Å². The second-order valence-electron chi connectivity index (χ2n) is 7.34. The number of amides is 1. The van der Waals surface area contributed by atoms with Crippen LogP contribution < -0.4 is 10.1 Å². The summed E-state index contributed by atoms with van der Waals surface area (Å²) in [5.41, 5.74) is 3.07. The Labute approximate surface area is 185 Å². The van der Waals surface area contributed by atoms with Crippen LogP contribution in [-0.4, -0.2) is 26.4 Å². The molecule has 0 saturated heterocycles. The van der Waals surface area contributed by atoms with Crippen molar-refractivity contribution in [1.29, 1.82) is 0 Å². The molecule has 31 heavy (non-hydrogen) atoms. The van der Waals surface area contributed by atoms with E-state index in [4.69, 9.17) is 4.74 Å². The van der Waals surface area contributed by atoms with E-state index in [1.807, 2.05) is 74.0 Å². The molecule has 0 aliphatic rings. The molecular weight excluding hydrogens is 408 g/mol. The van der Waals surface area contributed by atoms with Crippen LogP contribution in [0.5, 0.6) is 5.75 Å². The first-order valence-corrected chi connectivity index (χ1v) is 11.0. The van der Waals surface area contributed by atoms with Crippen LogP contribution in [0.2, 0.25) is 0 Å². The molecule has 0 spiro atoms. The number of aryl methyl sites for hydroxylation is 1. The minimum atomic E-state index is -0.0735. The Balaban J connectivity index is 1.34. The van der Waals surface area contributed by atoms with Crippen molar-refractivity contribution in [3.05, 3.63) is 77.6 Å². The van der Waals surface area contributed by atoms with Crippen molar-refractivity contribution >= 4 is 34.1 Å². The highest BCUT2D eigenvalue weighted by molar-refractivity contribution is 7.99. The van der Waals surface area contributed by atoms with Gasteiger partial charge in [-0.15, -0.1) is 10.2 Å². The van der Waals surface area contributed by atoms with Crippen LogP contribution in [-0.2, 0) is 18.4 Å². The van der Waals surface area contributed by atoms with Gasteiger partial charge in [0.2, 0.25) is 5.91 Å². The maximum absolute atomic E-state index is 12.4.